The molecule has 3 rings (SSSR count). The first kappa shape index (κ1) is 23.3. The molecule has 0 unspecified atom stereocenters. The van der Waals surface area contributed by atoms with Gasteiger partial charge in [0.15, 0.2) is 5.69 Å². The Hall–Kier alpha value is -2.34. The quantitative estimate of drug-likeness (QED) is 0.695. The van der Waals surface area contributed by atoms with E-state index in [9.17, 15) is 4.79 Å². The van der Waals surface area contributed by atoms with Crippen molar-refractivity contribution in [2.45, 2.75) is 84.3 Å². The van der Waals surface area contributed by atoms with Crippen molar-refractivity contribution >= 4 is 5.91 Å². The summed E-state index contributed by atoms with van der Waals surface area (Å²) in [7, 11) is 1.65. The van der Waals surface area contributed by atoms with Gasteiger partial charge in [0.2, 0.25) is 0 Å². The van der Waals surface area contributed by atoms with Crippen LogP contribution in [0.3, 0.4) is 0 Å². The number of amides is 1. The molecule has 2 aromatic rings. The summed E-state index contributed by atoms with van der Waals surface area (Å²) in [5.74, 6) is 0.745. The van der Waals surface area contributed by atoms with Gasteiger partial charge in [-0.3, -0.25) is 4.79 Å². The number of carbonyl (C=O) groups is 1. The van der Waals surface area contributed by atoms with E-state index in [0.29, 0.717) is 5.69 Å². The van der Waals surface area contributed by atoms with Crippen molar-refractivity contribution in [3.8, 4) is 11.4 Å². The van der Waals surface area contributed by atoms with Crippen LogP contribution in [-0.2, 0) is 0 Å². The lowest BCUT2D eigenvalue weighted by atomic mass is 9.79. The third kappa shape index (κ3) is 5.48. The fourth-order valence-corrected chi connectivity index (χ4v) is 4.97. The van der Waals surface area contributed by atoms with Crippen molar-refractivity contribution in [3.05, 3.63) is 41.7 Å². The van der Waals surface area contributed by atoms with Crippen molar-refractivity contribution in [2.24, 2.45) is 0 Å². The van der Waals surface area contributed by atoms with Gasteiger partial charge in [0.05, 0.1) is 7.11 Å². The lowest BCUT2D eigenvalue weighted by molar-refractivity contribution is 0.0436. The maximum atomic E-state index is 13.6. The van der Waals surface area contributed by atoms with Gasteiger partial charge in [0, 0.05) is 29.9 Å². The fourth-order valence-electron chi connectivity index (χ4n) is 4.97. The van der Waals surface area contributed by atoms with Crippen LogP contribution in [0, 0.1) is 6.92 Å². The number of carbonyl (C=O) groups excluding carboxylic acids is 1. The summed E-state index contributed by atoms with van der Waals surface area (Å²) in [5, 5.41) is 8.38. The molecule has 0 radical (unpaired) electrons. The molecule has 1 saturated heterocycles. The first-order valence-electron chi connectivity index (χ1n) is 11.4. The molecule has 1 aromatic heterocycles. The third-order valence-electron chi connectivity index (χ3n) is 6.01. The highest BCUT2D eigenvalue weighted by Crippen LogP contribution is 2.32. The van der Waals surface area contributed by atoms with Gasteiger partial charge in [-0.15, -0.1) is 0 Å². The monoisotopic (exact) mass is 426 g/mol. The topological polar surface area (TPSA) is 59.4 Å². The van der Waals surface area contributed by atoms with E-state index < -0.39 is 0 Å². The highest BCUT2D eigenvalue weighted by Gasteiger charge is 2.41. The zero-order valence-corrected chi connectivity index (χ0v) is 20.2. The van der Waals surface area contributed by atoms with Gasteiger partial charge < -0.3 is 15.0 Å². The minimum absolute atomic E-state index is 0.0114. The summed E-state index contributed by atoms with van der Waals surface area (Å²) in [6.45, 7) is 13.9. The van der Waals surface area contributed by atoms with Crippen LogP contribution in [0.1, 0.15) is 76.4 Å². The van der Waals surface area contributed by atoms with Gasteiger partial charge >= 0.3 is 0 Å². The molecule has 0 aliphatic carbocycles. The Bertz CT molecular complexity index is 900. The second-order valence-electron chi connectivity index (χ2n) is 10.1. The number of rotatable bonds is 7. The van der Waals surface area contributed by atoms with Crippen LogP contribution in [0.5, 0.6) is 5.75 Å². The van der Waals surface area contributed by atoms with E-state index in [2.05, 4.69) is 49.9 Å². The van der Waals surface area contributed by atoms with E-state index in [0.717, 1.165) is 49.2 Å². The number of ether oxygens (including phenoxy) is 1. The van der Waals surface area contributed by atoms with Crippen LogP contribution >= 0.6 is 0 Å². The van der Waals surface area contributed by atoms with Crippen molar-refractivity contribution in [1.82, 2.24) is 20.0 Å². The van der Waals surface area contributed by atoms with Gasteiger partial charge in [-0.2, -0.15) is 5.10 Å². The zero-order chi connectivity index (χ0) is 22.8. The summed E-state index contributed by atoms with van der Waals surface area (Å²) in [4.78, 5) is 15.7. The average molecular weight is 427 g/mol. The van der Waals surface area contributed by atoms with Crippen molar-refractivity contribution < 1.29 is 9.53 Å². The second-order valence-corrected chi connectivity index (χ2v) is 10.1. The second kappa shape index (κ2) is 9.03. The molecule has 6 heteroatoms. The molecular weight excluding hydrogens is 388 g/mol. The standard InChI is InChI=1S/C25H38N4O2/c1-8-9-13-28(19-16-24(3,4)27-25(5,6)17-19)23(30)20-12-14-29(26-20)21-15-18(2)10-11-22(21)31-7/h10-12,14-15,19,27H,8-9,13,16-17H2,1-7H3. The lowest BCUT2D eigenvalue weighted by Crippen LogP contribution is -2.63. The number of hydrogen-bond donors (Lipinski definition) is 1. The number of nitrogens with zero attached hydrogens (tertiary/aromatic N) is 3. The number of methoxy groups -OCH3 is 1. The van der Waals surface area contributed by atoms with E-state index in [4.69, 9.17) is 4.74 Å². The molecular formula is C25H38N4O2. The molecule has 1 N–H and O–H groups in total. The van der Waals surface area contributed by atoms with Gasteiger partial charge in [-0.25, -0.2) is 4.68 Å². The Kier molecular flexibility index (Phi) is 6.79. The molecule has 0 atom stereocenters. The molecule has 1 fully saturated rings. The molecule has 1 aromatic carbocycles. The minimum atomic E-state index is -0.0224. The molecule has 31 heavy (non-hydrogen) atoms. The third-order valence-corrected chi connectivity index (χ3v) is 6.01. The fraction of sp³-hybridized carbons (Fsp3) is 0.600. The number of nitrogens with one attached hydrogen (secondary N) is 1. The Morgan fingerprint density at radius 3 is 2.52 bits per heavy atom. The van der Waals surface area contributed by atoms with Crippen LogP contribution in [-0.4, -0.2) is 51.4 Å². The normalized spacial score (nSPS) is 18.0. The number of aromatic nitrogens is 2. The molecule has 0 saturated carbocycles. The van der Waals surface area contributed by atoms with Crippen LogP contribution in [0.25, 0.3) is 5.69 Å². The molecule has 1 aliphatic rings. The van der Waals surface area contributed by atoms with E-state index >= 15 is 0 Å². The summed E-state index contributed by atoms with van der Waals surface area (Å²) in [5.41, 5.74) is 2.39. The molecule has 0 spiro atoms. The van der Waals surface area contributed by atoms with Crippen molar-refractivity contribution in [2.75, 3.05) is 13.7 Å². The highest BCUT2D eigenvalue weighted by molar-refractivity contribution is 5.92. The van der Waals surface area contributed by atoms with E-state index in [-0.39, 0.29) is 23.0 Å². The van der Waals surface area contributed by atoms with Gasteiger partial charge in [-0.05, 0) is 77.6 Å². The van der Waals surface area contributed by atoms with Gasteiger partial charge in [0.1, 0.15) is 11.4 Å². The van der Waals surface area contributed by atoms with Crippen LogP contribution in [0.4, 0.5) is 0 Å². The van der Waals surface area contributed by atoms with Crippen LogP contribution in [0.2, 0.25) is 0 Å². The van der Waals surface area contributed by atoms with E-state index in [1.165, 1.54) is 0 Å². The zero-order valence-electron chi connectivity index (χ0n) is 20.2. The smallest absolute Gasteiger partial charge is 0.274 e. The van der Waals surface area contributed by atoms with Crippen LogP contribution < -0.4 is 10.1 Å². The lowest BCUT2D eigenvalue weighted by Gasteiger charge is -2.49. The van der Waals surface area contributed by atoms with Crippen LogP contribution in [0.15, 0.2) is 30.5 Å². The molecule has 2 heterocycles. The summed E-state index contributed by atoms with van der Waals surface area (Å²) in [6.07, 6.45) is 5.74. The first-order valence-corrected chi connectivity index (χ1v) is 11.4. The largest absolute Gasteiger partial charge is 0.494 e. The molecule has 1 amide bonds. The van der Waals surface area contributed by atoms with E-state index in [1.54, 1.807) is 11.8 Å². The Morgan fingerprint density at radius 2 is 1.90 bits per heavy atom. The van der Waals surface area contributed by atoms with Crippen molar-refractivity contribution in [1.29, 1.82) is 0 Å². The van der Waals surface area contributed by atoms with Crippen molar-refractivity contribution in [3.63, 3.8) is 0 Å². The number of piperidine rings is 1. The molecule has 170 valence electrons. The molecule has 1 aliphatic heterocycles. The summed E-state index contributed by atoms with van der Waals surface area (Å²) < 4.78 is 7.25. The van der Waals surface area contributed by atoms with E-state index in [1.807, 2.05) is 37.4 Å². The number of aryl methyl sites for hydroxylation is 1. The number of hydrogen-bond acceptors (Lipinski definition) is 4. The van der Waals surface area contributed by atoms with Gasteiger partial charge in [-0.1, -0.05) is 19.4 Å². The minimum Gasteiger partial charge on any atom is -0.494 e. The SMILES string of the molecule is CCCCN(C(=O)c1ccn(-c2cc(C)ccc2OC)n1)C1CC(C)(C)NC(C)(C)C1. The number of unbranched alkanes of at least 4 members (excludes halogenated alkanes) is 1. The average Bonchev–Trinajstić information content (AvgIpc) is 3.15. The predicted molar refractivity (Wildman–Crippen MR) is 125 cm³/mol. The predicted octanol–water partition coefficient (Wildman–Crippen LogP) is 4.74. The Morgan fingerprint density at radius 1 is 1.23 bits per heavy atom. The maximum absolute atomic E-state index is 13.6. The summed E-state index contributed by atoms with van der Waals surface area (Å²) in [6, 6.07) is 7.96. The number of benzene rings is 1. The Labute approximate surface area is 187 Å². The Balaban J connectivity index is 1.90. The van der Waals surface area contributed by atoms with Gasteiger partial charge in [0.25, 0.3) is 5.91 Å². The maximum Gasteiger partial charge on any atom is 0.274 e. The summed E-state index contributed by atoms with van der Waals surface area (Å²) >= 11 is 0. The highest BCUT2D eigenvalue weighted by atomic mass is 16.5. The molecule has 6 nitrogen and oxygen atoms in total. The first-order chi connectivity index (χ1) is 14.5. The molecule has 0 bridgehead atoms.